The lowest BCUT2D eigenvalue weighted by molar-refractivity contribution is -0.137. The van der Waals surface area contributed by atoms with Crippen molar-refractivity contribution in [2.45, 2.75) is 46.0 Å². The molecule has 0 aliphatic carbocycles. The van der Waals surface area contributed by atoms with Gasteiger partial charge in [-0.25, -0.2) is 4.79 Å². The van der Waals surface area contributed by atoms with E-state index in [1.165, 1.54) is 0 Å². The van der Waals surface area contributed by atoms with E-state index in [-0.39, 0.29) is 12.0 Å². The maximum atomic E-state index is 12.7. The molecule has 0 fully saturated rings. The molecule has 0 saturated heterocycles. The predicted molar refractivity (Wildman–Crippen MR) is 124 cm³/mol. The lowest BCUT2D eigenvalue weighted by Gasteiger charge is -2.10. The van der Waals surface area contributed by atoms with Crippen LogP contribution in [-0.2, 0) is 11.2 Å². The molecule has 2 heterocycles. The van der Waals surface area contributed by atoms with Crippen LogP contribution < -0.4 is 10.4 Å². The average Bonchev–Trinajstić information content (AvgIpc) is 3.21. The minimum Gasteiger partial charge on any atom is -0.497 e. The number of carboxylic acids is 1. The van der Waals surface area contributed by atoms with Crippen LogP contribution in [0.5, 0.6) is 5.75 Å². The van der Waals surface area contributed by atoms with Crippen molar-refractivity contribution >= 4 is 27.9 Å². The predicted octanol–water partition coefficient (Wildman–Crippen LogP) is 6.02. The highest BCUT2D eigenvalue weighted by Crippen LogP contribution is 2.37. The summed E-state index contributed by atoms with van der Waals surface area (Å²) in [5.74, 6) is -0.00698. The minimum atomic E-state index is -0.793. The molecule has 166 valence electrons. The molecule has 2 aromatic heterocycles. The molecule has 0 amide bonds. The molecule has 6 nitrogen and oxygen atoms in total. The normalized spacial score (nSPS) is 11.3. The fourth-order valence-corrected chi connectivity index (χ4v) is 4.23. The van der Waals surface area contributed by atoms with E-state index in [4.69, 9.17) is 18.7 Å². The van der Waals surface area contributed by atoms with Gasteiger partial charge in [0.2, 0.25) is 0 Å². The van der Waals surface area contributed by atoms with Crippen molar-refractivity contribution in [3.63, 3.8) is 0 Å². The maximum absolute atomic E-state index is 12.7. The van der Waals surface area contributed by atoms with Gasteiger partial charge in [0.15, 0.2) is 0 Å². The third-order valence-electron chi connectivity index (χ3n) is 6.06. The Morgan fingerprint density at radius 2 is 1.75 bits per heavy atom. The average molecular weight is 434 g/mol. The van der Waals surface area contributed by atoms with Crippen molar-refractivity contribution < 1.29 is 23.5 Å². The smallest absolute Gasteiger partial charge is 0.339 e. The zero-order valence-corrected chi connectivity index (χ0v) is 18.5. The van der Waals surface area contributed by atoms with Gasteiger partial charge >= 0.3 is 11.6 Å². The van der Waals surface area contributed by atoms with Crippen LogP contribution in [0.25, 0.3) is 33.1 Å². The van der Waals surface area contributed by atoms with E-state index in [0.717, 1.165) is 51.6 Å². The number of rotatable bonds is 8. The van der Waals surface area contributed by atoms with Crippen molar-refractivity contribution in [2.24, 2.45) is 0 Å². The van der Waals surface area contributed by atoms with Crippen LogP contribution >= 0.6 is 0 Å². The van der Waals surface area contributed by atoms with Gasteiger partial charge in [0.05, 0.1) is 13.4 Å². The van der Waals surface area contributed by atoms with Crippen molar-refractivity contribution in [2.75, 3.05) is 7.11 Å². The fourth-order valence-electron chi connectivity index (χ4n) is 4.23. The molecule has 4 aromatic rings. The second kappa shape index (κ2) is 8.91. The number of fused-ring (bicyclic) bond motifs is 2. The molecule has 0 aliphatic heterocycles. The zero-order valence-electron chi connectivity index (χ0n) is 18.5. The summed E-state index contributed by atoms with van der Waals surface area (Å²) in [4.78, 5) is 23.4. The maximum Gasteiger partial charge on any atom is 0.339 e. The summed E-state index contributed by atoms with van der Waals surface area (Å²) >= 11 is 0. The summed E-state index contributed by atoms with van der Waals surface area (Å²) in [5.41, 5.74) is 5.24. The van der Waals surface area contributed by atoms with Crippen LogP contribution in [0.3, 0.4) is 0 Å². The highest BCUT2D eigenvalue weighted by Gasteiger charge is 2.19. The van der Waals surface area contributed by atoms with E-state index >= 15 is 0 Å². The van der Waals surface area contributed by atoms with Gasteiger partial charge in [-0.2, -0.15) is 0 Å². The Morgan fingerprint density at radius 3 is 2.44 bits per heavy atom. The van der Waals surface area contributed by atoms with E-state index in [9.17, 15) is 9.59 Å². The van der Waals surface area contributed by atoms with E-state index in [0.29, 0.717) is 29.6 Å². The standard InChI is InChI=1S/C26H26O6/c1-15-19(7-5-4-6-8-23(27)28)26(29)32-25-16(2)24-21(13-20(15)25)22(14-31-24)17-9-11-18(30-3)12-10-17/h9-14H,4-8H2,1-3H3,(H,27,28). The summed E-state index contributed by atoms with van der Waals surface area (Å²) in [7, 11) is 1.64. The lowest BCUT2D eigenvalue weighted by Crippen LogP contribution is -2.11. The van der Waals surface area contributed by atoms with Crippen LogP contribution in [0, 0.1) is 13.8 Å². The third-order valence-corrected chi connectivity index (χ3v) is 6.06. The van der Waals surface area contributed by atoms with Gasteiger partial charge < -0.3 is 18.7 Å². The zero-order chi connectivity index (χ0) is 22.8. The van der Waals surface area contributed by atoms with E-state index in [1.807, 2.05) is 44.2 Å². The number of carboxylic acid groups (broad SMARTS) is 1. The van der Waals surface area contributed by atoms with Crippen LogP contribution in [0.2, 0.25) is 0 Å². The number of unbranched alkanes of at least 4 members (excludes halogenated alkanes) is 2. The molecule has 0 aliphatic rings. The Balaban J connectivity index is 1.75. The minimum absolute atomic E-state index is 0.150. The SMILES string of the molecule is COc1ccc(-c2coc3c(C)c4oc(=O)c(CCCCCC(=O)O)c(C)c4cc23)cc1. The first-order valence-corrected chi connectivity index (χ1v) is 10.7. The van der Waals surface area contributed by atoms with Gasteiger partial charge in [-0.1, -0.05) is 18.6 Å². The van der Waals surface area contributed by atoms with Crippen LogP contribution in [0.15, 0.2) is 50.2 Å². The molecule has 0 atom stereocenters. The van der Waals surface area contributed by atoms with Crippen molar-refractivity contribution in [3.05, 3.63) is 63.7 Å². The topological polar surface area (TPSA) is 89.9 Å². The van der Waals surface area contributed by atoms with E-state index in [2.05, 4.69) is 0 Å². The Kier molecular flexibility index (Phi) is 6.04. The number of benzene rings is 2. The number of hydrogen-bond donors (Lipinski definition) is 1. The summed E-state index contributed by atoms with van der Waals surface area (Å²) in [6, 6.07) is 9.84. The van der Waals surface area contributed by atoms with Crippen molar-refractivity contribution in [3.8, 4) is 16.9 Å². The van der Waals surface area contributed by atoms with Crippen LogP contribution in [-0.4, -0.2) is 18.2 Å². The third kappa shape index (κ3) is 4.00. The molecular formula is C26H26O6. The summed E-state index contributed by atoms with van der Waals surface area (Å²) in [6.45, 7) is 3.85. The first-order chi connectivity index (χ1) is 15.4. The monoisotopic (exact) mass is 434 g/mol. The Bertz CT molecular complexity index is 1340. The molecule has 0 spiro atoms. The summed E-state index contributed by atoms with van der Waals surface area (Å²) in [5, 5.41) is 10.6. The summed E-state index contributed by atoms with van der Waals surface area (Å²) < 4.78 is 16.9. The molecule has 0 saturated carbocycles. The number of ether oxygens (including phenoxy) is 1. The lowest BCUT2D eigenvalue weighted by atomic mass is 9.96. The van der Waals surface area contributed by atoms with Gasteiger partial charge in [0.1, 0.15) is 16.9 Å². The molecule has 32 heavy (non-hydrogen) atoms. The number of furan rings is 1. The number of methoxy groups -OCH3 is 1. The van der Waals surface area contributed by atoms with Gasteiger partial charge in [-0.05, 0) is 62.4 Å². The second-order valence-electron chi connectivity index (χ2n) is 8.08. The molecule has 2 aromatic carbocycles. The molecule has 0 bridgehead atoms. The van der Waals surface area contributed by atoms with E-state index < -0.39 is 5.97 Å². The van der Waals surface area contributed by atoms with Crippen LogP contribution in [0.1, 0.15) is 42.4 Å². The second-order valence-corrected chi connectivity index (χ2v) is 8.08. The van der Waals surface area contributed by atoms with Gasteiger partial charge in [0.25, 0.3) is 0 Å². The van der Waals surface area contributed by atoms with E-state index in [1.54, 1.807) is 13.4 Å². The molecular weight excluding hydrogens is 408 g/mol. The number of aryl methyl sites for hydroxylation is 2. The number of aliphatic carboxylic acids is 1. The highest BCUT2D eigenvalue weighted by atomic mass is 16.5. The molecule has 0 radical (unpaired) electrons. The molecule has 0 unspecified atom stereocenters. The largest absolute Gasteiger partial charge is 0.497 e. The fraction of sp³-hybridized carbons (Fsp3) is 0.308. The number of hydrogen-bond acceptors (Lipinski definition) is 5. The highest BCUT2D eigenvalue weighted by molar-refractivity contribution is 6.04. The van der Waals surface area contributed by atoms with Gasteiger partial charge in [-0.3, -0.25) is 4.79 Å². The van der Waals surface area contributed by atoms with Crippen molar-refractivity contribution in [1.82, 2.24) is 0 Å². The van der Waals surface area contributed by atoms with Crippen molar-refractivity contribution in [1.29, 1.82) is 0 Å². The van der Waals surface area contributed by atoms with Gasteiger partial charge in [-0.15, -0.1) is 0 Å². The first-order valence-electron chi connectivity index (χ1n) is 10.7. The molecule has 4 rings (SSSR count). The Hall–Kier alpha value is -3.54. The van der Waals surface area contributed by atoms with Gasteiger partial charge in [0, 0.05) is 33.9 Å². The first kappa shape index (κ1) is 21.7. The van der Waals surface area contributed by atoms with Crippen LogP contribution in [0.4, 0.5) is 0 Å². The molecule has 1 N–H and O–H groups in total. The Morgan fingerprint density at radius 1 is 1.00 bits per heavy atom. The number of carbonyl (C=O) groups is 1. The quantitative estimate of drug-likeness (QED) is 0.269. The molecule has 6 heteroatoms. The Labute approximate surface area is 185 Å². The summed E-state index contributed by atoms with van der Waals surface area (Å²) in [6.07, 6.45) is 4.55.